The molecular weight excluding hydrogens is 130 g/mol. The first-order valence-corrected chi connectivity index (χ1v) is 3.52. The van der Waals surface area contributed by atoms with Crippen LogP contribution in [0.2, 0.25) is 0 Å². The second-order valence-corrected chi connectivity index (χ2v) is 2.61. The Labute approximate surface area is 61.0 Å². The molecule has 0 aromatic carbocycles. The Hall–Kier alpha value is -0.570. The lowest BCUT2D eigenvalue weighted by Crippen LogP contribution is -2.52. The van der Waals surface area contributed by atoms with Crippen molar-refractivity contribution in [3.8, 4) is 0 Å². The summed E-state index contributed by atoms with van der Waals surface area (Å²) in [6.45, 7) is 3.19. The van der Waals surface area contributed by atoms with E-state index >= 15 is 0 Å². The zero-order valence-electron chi connectivity index (χ0n) is 6.46. The van der Waals surface area contributed by atoms with Gasteiger partial charge in [-0.25, -0.2) is 0 Å². The van der Waals surface area contributed by atoms with Crippen molar-refractivity contribution in [2.75, 3.05) is 20.3 Å². The van der Waals surface area contributed by atoms with Gasteiger partial charge in [-0.2, -0.15) is 0 Å². The molecule has 1 fully saturated rings. The molecule has 1 aliphatic heterocycles. The molecule has 1 rings (SSSR count). The molecular formula is C7H13NO2. The average molecular weight is 143 g/mol. The Morgan fingerprint density at radius 1 is 1.80 bits per heavy atom. The largest absolute Gasteiger partial charge is 0.383 e. The highest BCUT2D eigenvalue weighted by Crippen LogP contribution is 2.16. The molecule has 3 nitrogen and oxygen atoms in total. The molecule has 1 atom stereocenters. The summed E-state index contributed by atoms with van der Waals surface area (Å²) in [7, 11) is 1.66. The Morgan fingerprint density at radius 3 is 2.80 bits per heavy atom. The van der Waals surface area contributed by atoms with Gasteiger partial charge in [0, 0.05) is 20.6 Å². The van der Waals surface area contributed by atoms with Crippen LogP contribution in [0.15, 0.2) is 0 Å². The standard InChI is InChI=1S/C7H13NO2/c1-6(9)8-4-3-7(8)5-10-2/h7H,3-5H2,1-2H3. The SMILES string of the molecule is COCC1CCN1C(C)=O. The maximum absolute atomic E-state index is 10.8. The van der Waals surface area contributed by atoms with Gasteiger partial charge in [-0.15, -0.1) is 0 Å². The molecule has 0 aliphatic carbocycles. The van der Waals surface area contributed by atoms with E-state index < -0.39 is 0 Å². The summed E-state index contributed by atoms with van der Waals surface area (Å²) in [5.41, 5.74) is 0. The van der Waals surface area contributed by atoms with E-state index in [9.17, 15) is 4.79 Å². The summed E-state index contributed by atoms with van der Waals surface area (Å²) in [6.07, 6.45) is 1.09. The van der Waals surface area contributed by atoms with Gasteiger partial charge in [0.25, 0.3) is 0 Å². The highest BCUT2D eigenvalue weighted by atomic mass is 16.5. The molecule has 1 saturated heterocycles. The number of amides is 1. The predicted molar refractivity (Wildman–Crippen MR) is 37.7 cm³/mol. The number of ether oxygens (including phenoxy) is 1. The topological polar surface area (TPSA) is 29.5 Å². The van der Waals surface area contributed by atoms with E-state index in [0.717, 1.165) is 13.0 Å². The number of carbonyl (C=O) groups excluding carboxylic acids is 1. The Bertz CT molecular complexity index is 136. The molecule has 0 saturated carbocycles. The number of carbonyl (C=O) groups is 1. The summed E-state index contributed by atoms with van der Waals surface area (Å²) in [5.74, 6) is 0.160. The Balaban J connectivity index is 2.28. The van der Waals surface area contributed by atoms with Crippen molar-refractivity contribution in [1.82, 2.24) is 4.90 Å². The molecule has 1 amide bonds. The monoisotopic (exact) mass is 143 g/mol. The zero-order valence-corrected chi connectivity index (χ0v) is 6.46. The summed E-state index contributed by atoms with van der Waals surface area (Å²) in [5, 5.41) is 0. The third-order valence-corrected chi connectivity index (χ3v) is 1.91. The van der Waals surface area contributed by atoms with E-state index in [1.165, 1.54) is 0 Å². The van der Waals surface area contributed by atoms with Crippen molar-refractivity contribution in [3.63, 3.8) is 0 Å². The van der Waals surface area contributed by atoms with Crippen LogP contribution in [-0.4, -0.2) is 37.1 Å². The lowest BCUT2D eigenvalue weighted by molar-refractivity contribution is -0.138. The van der Waals surface area contributed by atoms with Gasteiger partial charge in [0.1, 0.15) is 0 Å². The maximum Gasteiger partial charge on any atom is 0.219 e. The van der Waals surface area contributed by atoms with Crippen LogP contribution in [0.5, 0.6) is 0 Å². The van der Waals surface area contributed by atoms with Gasteiger partial charge in [-0.1, -0.05) is 0 Å². The van der Waals surface area contributed by atoms with Gasteiger partial charge < -0.3 is 9.64 Å². The minimum Gasteiger partial charge on any atom is -0.383 e. The quantitative estimate of drug-likeness (QED) is 0.554. The fraction of sp³-hybridized carbons (Fsp3) is 0.857. The molecule has 0 aromatic rings. The molecule has 1 unspecified atom stereocenters. The lowest BCUT2D eigenvalue weighted by atomic mass is 10.0. The second kappa shape index (κ2) is 3.01. The van der Waals surface area contributed by atoms with Crippen molar-refractivity contribution in [2.24, 2.45) is 0 Å². The summed E-state index contributed by atoms with van der Waals surface area (Å²) >= 11 is 0. The number of rotatable bonds is 2. The van der Waals surface area contributed by atoms with Crippen molar-refractivity contribution in [1.29, 1.82) is 0 Å². The van der Waals surface area contributed by atoms with E-state index in [1.807, 2.05) is 4.90 Å². The second-order valence-electron chi connectivity index (χ2n) is 2.61. The number of methoxy groups -OCH3 is 1. The normalized spacial score (nSPS) is 24.2. The van der Waals surface area contributed by atoms with Gasteiger partial charge in [-0.3, -0.25) is 4.79 Å². The van der Waals surface area contributed by atoms with E-state index in [0.29, 0.717) is 12.6 Å². The molecule has 0 aromatic heterocycles. The molecule has 0 radical (unpaired) electrons. The zero-order chi connectivity index (χ0) is 7.56. The van der Waals surface area contributed by atoms with Gasteiger partial charge in [0.15, 0.2) is 0 Å². The Kier molecular flexibility index (Phi) is 2.27. The summed E-state index contributed by atoms with van der Waals surface area (Å²) in [4.78, 5) is 12.6. The average Bonchev–Trinajstić information content (AvgIpc) is 1.78. The number of nitrogens with zero attached hydrogens (tertiary/aromatic N) is 1. The van der Waals surface area contributed by atoms with Crippen molar-refractivity contribution < 1.29 is 9.53 Å². The third kappa shape index (κ3) is 1.29. The number of hydrogen-bond acceptors (Lipinski definition) is 2. The molecule has 0 N–H and O–H groups in total. The third-order valence-electron chi connectivity index (χ3n) is 1.91. The van der Waals surface area contributed by atoms with Crippen molar-refractivity contribution in [2.45, 2.75) is 19.4 Å². The van der Waals surface area contributed by atoms with Crippen LogP contribution in [0.1, 0.15) is 13.3 Å². The first kappa shape index (κ1) is 7.54. The van der Waals surface area contributed by atoms with Gasteiger partial charge in [-0.05, 0) is 6.42 Å². The fourth-order valence-corrected chi connectivity index (χ4v) is 1.22. The molecule has 58 valence electrons. The van der Waals surface area contributed by atoms with Gasteiger partial charge >= 0.3 is 0 Å². The van der Waals surface area contributed by atoms with Crippen molar-refractivity contribution in [3.05, 3.63) is 0 Å². The van der Waals surface area contributed by atoms with Crippen LogP contribution in [0.4, 0.5) is 0 Å². The van der Waals surface area contributed by atoms with Crippen molar-refractivity contribution >= 4 is 5.91 Å². The number of hydrogen-bond donors (Lipinski definition) is 0. The lowest BCUT2D eigenvalue weighted by Gasteiger charge is -2.39. The highest BCUT2D eigenvalue weighted by Gasteiger charge is 2.29. The van der Waals surface area contributed by atoms with E-state index in [-0.39, 0.29) is 5.91 Å². The molecule has 0 bridgehead atoms. The molecule has 3 heteroatoms. The minimum absolute atomic E-state index is 0.160. The highest BCUT2D eigenvalue weighted by molar-refractivity contribution is 5.74. The summed E-state index contributed by atoms with van der Waals surface area (Å²) in [6, 6.07) is 0.350. The minimum atomic E-state index is 0.160. The van der Waals surface area contributed by atoms with Crippen LogP contribution in [0.3, 0.4) is 0 Å². The van der Waals surface area contributed by atoms with Crippen LogP contribution in [0, 0.1) is 0 Å². The number of likely N-dealkylation sites (tertiary alicyclic amines) is 1. The summed E-state index contributed by atoms with van der Waals surface area (Å²) < 4.78 is 4.93. The van der Waals surface area contributed by atoms with E-state index in [2.05, 4.69) is 0 Å². The molecule has 1 heterocycles. The van der Waals surface area contributed by atoms with E-state index in [1.54, 1.807) is 14.0 Å². The Morgan fingerprint density at radius 2 is 2.50 bits per heavy atom. The van der Waals surface area contributed by atoms with E-state index in [4.69, 9.17) is 4.74 Å². The van der Waals surface area contributed by atoms with Crippen LogP contribution in [0.25, 0.3) is 0 Å². The molecule has 1 aliphatic rings. The first-order chi connectivity index (χ1) is 4.75. The van der Waals surface area contributed by atoms with Gasteiger partial charge in [0.2, 0.25) is 5.91 Å². The fourth-order valence-electron chi connectivity index (χ4n) is 1.22. The van der Waals surface area contributed by atoms with Gasteiger partial charge in [0.05, 0.1) is 12.6 Å². The van der Waals surface area contributed by atoms with Crippen LogP contribution < -0.4 is 0 Å². The van der Waals surface area contributed by atoms with Crippen LogP contribution >= 0.6 is 0 Å². The maximum atomic E-state index is 10.8. The predicted octanol–water partition coefficient (Wildman–Crippen LogP) is 0.254. The molecule has 10 heavy (non-hydrogen) atoms. The molecule has 0 spiro atoms. The van der Waals surface area contributed by atoms with Crippen LogP contribution in [-0.2, 0) is 9.53 Å². The first-order valence-electron chi connectivity index (χ1n) is 3.52. The smallest absolute Gasteiger partial charge is 0.219 e.